The number of amides is 1. The number of nitrogens with one attached hydrogen (secondary N) is 1. The standard InChI is InChI=1S/C24H19Cl2N3O2/c25-20-10-11-23(22(26)12-20)31-16-18-6-8-19(9-7-18)24(30)28-21-13-27-29(15-21)14-17-4-2-1-3-5-17/h1-13,15H,14,16H2,(H,28,30). The first-order chi connectivity index (χ1) is 15.1. The van der Waals surface area contributed by atoms with Gasteiger partial charge in [0.05, 0.1) is 23.5 Å². The van der Waals surface area contributed by atoms with E-state index >= 15 is 0 Å². The van der Waals surface area contributed by atoms with Crippen LogP contribution in [0.3, 0.4) is 0 Å². The molecule has 0 spiro atoms. The van der Waals surface area contributed by atoms with Gasteiger partial charge in [-0.25, -0.2) is 0 Å². The zero-order valence-electron chi connectivity index (χ0n) is 16.5. The molecule has 0 aliphatic rings. The van der Waals surface area contributed by atoms with Crippen LogP contribution >= 0.6 is 23.2 Å². The number of benzene rings is 3. The fourth-order valence-corrected chi connectivity index (χ4v) is 3.46. The number of hydrogen-bond donors (Lipinski definition) is 1. The summed E-state index contributed by atoms with van der Waals surface area (Å²) in [6.07, 6.45) is 3.45. The van der Waals surface area contributed by atoms with Crippen LogP contribution in [0.25, 0.3) is 0 Å². The maximum absolute atomic E-state index is 12.5. The summed E-state index contributed by atoms with van der Waals surface area (Å²) >= 11 is 12.0. The summed E-state index contributed by atoms with van der Waals surface area (Å²) in [6, 6.07) is 22.3. The molecule has 156 valence electrons. The van der Waals surface area contributed by atoms with Crippen LogP contribution in [0.15, 0.2) is 85.2 Å². The van der Waals surface area contributed by atoms with Crippen LogP contribution < -0.4 is 10.1 Å². The van der Waals surface area contributed by atoms with Gasteiger partial charge in [0.15, 0.2) is 0 Å². The Morgan fingerprint density at radius 3 is 2.48 bits per heavy atom. The first kappa shape index (κ1) is 21.0. The number of aromatic nitrogens is 2. The molecular weight excluding hydrogens is 433 g/mol. The predicted octanol–water partition coefficient (Wildman–Crippen LogP) is 6.07. The number of rotatable bonds is 7. The highest BCUT2D eigenvalue weighted by molar-refractivity contribution is 6.35. The summed E-state index contributed by atoms with van der Waals surface area (Å²) in [6.45, 7) is 0.971. The van der Waals surface area contributed by atoms with E-state index in [0.29, 0.717) is 40.2 Å². The molecule has 0 saturated heterocycles. The third kappa shape index (κ3) is 5.66. The molecular formula is C24H19Cl2N3O2. The Hall–Kier alpha value is -3.28. The number of halogens is 2. The van der Waals surface area contributed by atoms with Crippen molar-refractivity contribution in [2.75, 3.05) is 5.32 Å². The van der Waals surface area contributed by atoms with Crippen molar-refractivity contribution in [1.82, 2.24) is 9.78 Å². The molecule has 0 atom stereocenters. The molecule has 1 heterocycles. The molecule has 3 aromatic carbocycles. The molecule has 4 rings (SSSR count). The van der Waals surface area contributed by atoms with Gasteiger partial charge in [-0.1, -0.05) is 65.7 Å². The third-order valence-corrected chi connectivity index (χ3v) is 5.11. The molecule has 1 aromatic heterocycles. The van der Waals surface area contributed by atoms with E-state index in [9.17, 15) is 4.79 Å². The highest BCUT2D eigenvalue weighted by atomic mass is 35.5. The maximum Gasteiger partial charge on any atom is 0.255 e. The lowest BCUT2D eigenvalue weighted by molar-refractivity contribution is 0.102. The zero-order chi connectivity index (χ0) is 21.6. The molecule has 1 N–H and O–H groups in total. The van der Waals surface area contributed by atoms with Gasteiger partial charge in [0.25, 0.3) is 5.91 Å². The second-order valence-electron chi connectivity index (χ2n) is 6.93. The SMILES string of the molecule is O=C(Nc1cnn(Cc2ccccc2)c1)c1ccc(COc2ccc(Cl)cc2Cl)cc1. The smallest absolute Gasteiger partial charge is 0.255 e. The number of carbonyl (C=O) groups excluding carboxylic acids is 1. The van der Waals surface area contributed by atoms with E-state index in [1.165, 1.54) is 0 Å². The van der Waals surface area contributed by atoms with Crippen molar-refractivity contribution < 1.29 is 9.53 Å². The normalized spacial score (nSPS) is 10.6. The second kappa shape index (κ2) is 9.69. The minimum absolute atomic E-state index is 0.201. The van der Waals surface area contributed by atoms with Gasteiger partial charge in [0, 0.05) is 16.8 Å². The van der Waals surface area contributed by atoms with E-state index < -0.39 is 0 Å². The molecule has 0 radical (unpaired) electrons. The largest absolute Gasteiger partial charge is 0.487 e. The minimum atomic E-state index is -0.201. The fraction of sp³-hybridized carbons (Fsp3) is 0.0833. The van der Waals surface area contributed by atoms with E-state index in [-0.39, 0.29) is 5.91 Å². The summed E-state index contributed by atoms with van der Waals surface area (Å²) < 4.78 is 7.51. The Labute approximate surface area is 190 Å². The molecule has 0 aliphatic heterocycles. The van der Waals surface area contributed by atoms with E-state index in [1.807, 2.05) is 48.7 Å². The first-order valence-electron chi connectivity index (χ1n) is 9.61. The number of anilines is 1. The Bertz CT molecular complexity index is 1180. The lowest BCUT2D eigenvalue weighted by atomic mass is 10.1. The van der Waals surface area contributed by atoms with E-state index in [1.54, 1.807) is 41.2 Å². The molecule has 7 heteroatoms. The fourth-order valence-electron chi connectivity index (χ4n) is 2.99. The maximum atomic E-state index is 12.5. The van der Waals surface area contributed by atoms with Gasteiger partial charge in [-0.15, -0.1) is 0 Å². The van der Waals surface area contributed by atoms with Crippen molar-refractivity contribution >= 4 is 34.8 Å². The average molecular weight is 452 g/mol. The molecule has 5 nitrogen and oxygen atoms in total. The average Bonchev–Trinajstić information content (AvgIpc) is 3.21. The second-order valence-corrected chi connectivity index (χ2v) is 7.77. The molecule has 0 unspecified atom stereocenters. The van der Waals surface area contributed by atoms with Crippen molar-refractivity contribution in [2.45, 2.75) is 13.2 Å². The van der Waals surface area contributed by atoms with Crippen LogP contribution in [0, 0.1) is 0 Å². The van der Waals surface area contributed by atoms with Gasteiger partial charge >= 0.3 is 0 Å². The van der Waals surface area contributed by atoms with Crippen LogP contribution in [0.5, 0.6) is 5.75 Å². The van der Waals surface area contributed by atoms with Crippen molar-refractivity contribution in [2.24, 2.45) is 0 Å². The number of hydrogen-bond acceptors (Lipinski definition) is 3. The Morgan fingerprint density at radius 2 is 1.74 bits per heavy atom. The van der Waals surface area contributed by atoms with E-state index in [4.69, 9.17) is 27.9 Å². The number of nitrogens with zero attached hydrogens (tertiary/aromatic N) is 2. The molecule has 31 heavy (non-hydrogen) atoms. The minimum Gasteiger partial charge on any atom is -0.487 e. The lowest BCUT2D eigenvalue weighted by Gasteiger charge is -2.09. The molecule has 4 aromatic rings. The highest BCUT2D eigenvalue weighted by Crippen LogP contribution is 2.28. The Morgan fingerprint density at radius 1 is 0.968 bits per heavy atom. The molecule has 1 amide bonds. The van der Waals surface area contributed by atoms with Gasteiger partial charge < -0.3 is 10.1 Å². The summed E-state index contributed by atoms with van der Waals surface area (Å²) in [5.41, 5.74) is 3.24. The van der Waals surface area contributed by atoms with Crippen molar-refractivity contribution in [3.8, 4) is 5.75 Å². The van der Waals surface area contributed by atoms with Crippen LogP contribution in [-0.2, 0) is 13.2 Å². The molecule has 0 fully saturated rings. The van der Waals surface area contributed by atoms with Gasteiger partial charge in [-0.05, 0) is 41.5 Å². The topological polar surface area (TPSA) is 56.2 Å². The van der Waals surface area contributed by atoms with Gasteiger partial charge in [-0.2, -0.15) is 5.10 Å². The molecule has 0 aliphatic carbocycles. The van der Waals surface area contributed by atoms with Gasteiger partial charge in [-0.3, -0.25) is 9.48 Å². The predicted molar refractivity (Wildman–Crippen MR) is 123 cm³/mol. The van der Waals surface area contributed by atoms with Crippen molar-refractivity contribution in [1.29, 1.82) is 0 Å². The van der Waals surface area contributed by atoms with Gasteiger partial charge in [0.2, 0.25) is 0 Å². The summed E-state index contributed by atoms with van der Waals surface area (Å²) in [5.74, 6) is 0.355. The van der Waals surface area contributed by atoms with Crippen LogP contribution in [0.1, 0.15) is 21.5 Å². The lowest BCUT2D eigenvalue weighted by Crippen LogP contribution is -2.11. The van der Waals surface area contributed by atoms with Gasteiger partial charge in [0.1, 0.15) is 12.4 Å². The molecule has 0 saturated carbocycles. The van der Waals surface area contributed by atoms with E-state index in [0.717, 1.165) is 11.1 Å². The zero-order valence-corrected chi connectivity index (χ0v) is 18.0. The summed E-state index contributed by atoms with van der Waals surface area (Å²) in [7, 11) is 0. The number of carbonyl (C=O) groups is 1. The Balaban J connectivity index is 1.33. The number of ether oxygens (including phenoxy) is 1. The van der Waals surface area contributed by atoms with Crippen LogP contribution in [0.4, 0.5) is 5.69 Å². The highest BCUT2D eigenvalue weighted by Gasteiger charge is 2.09. The monoisotopic (exact) mass is 451 g/mol. The van der Waals surface area contributed by atoms with Crippen molar-refractivity contribution in [3.63, 3.8) is 0 Å². The van der Waals surface area contributed by atoms with Crippen LogP contribution in [0.2, 0.25) is 10.0 Å². The van der Waals surface area contributed by atoms with Crippen molar-refractivity contribution in [3.05, 3.63) is 112 Å². The summed E-state index contributed by atoms with van der Waals surface area (Å²) in [4.78, 5) is 12.5. The van der Waals surface area contributed by atoms with Crippen LogP contribution in [-0.4, -0.2) is 15.7 Å². The first-order valence-corrected chi connectivity index (χ1v) is 10.4. The molecule has 0 bridgehead atoms. The third-order valence-electron chi connectivity index (χ3n) is 4.58. The van der Waals surface area contributed by atoms with E-state index in [2.05, 4.69) is 10.4 Å². The summed E-state index contributed by atoms with van der Waals surface area (Å²) in [5, 5.41) is 8.18. The Kier molecular flexibility index (Phi) is 6.55. The quantitative estimate of drug-likeness (QED) is 0.370.